The zero-order chi connectivity index (χ0) is 28.6. The maximum absolute atomic E-state index is 12.9. The van der Waals surface area contributed by atoms with Crippen molar-refractivity contribution in [1.82, 2.24) is 0 Å². The average molecular weight is 541 g/mol. The SMILES string of the molecule is CC1=CC[C@@H]2C(C)(C)[C@H](OC(=O)C(C)C)[C@@H](O[C@H]3O[C@@H](C)[C@@H](O)[C@@H](O)[C@@H]3O)C[C@@]2(C)[C@@H]1CC[C@H](C)CCO. The fourth-order valence-corrected chi connectivity index (χ4v) is 7.41. The van der Waals surface area contributed by atoms with Gasteiger partial charge in [-0.3, -0.25) is 4.79 Å². The summed E-state index contributed by atoms with van der Waals surface area (Å²) in [6.07, 6.45) is -0.508. The Bertz CT molecular complexity index is 840. The Morgan fingerprint density at radius 3 is 2.37 bits per heavy atom. The van der Waals surface area contributed by atoms with E-state index in [9.17, 15) is 25.2 Å². The van der Waals surface area contributed by atoms with Gasteiger partial charge in [0.1, 0.15) is 24.4 Å². The number of hydrogen-bond acceptors (Lipinski definition) is 8. The van der Waals surface area contributed by atoms with E-state index in [1.807, 2.05) is 13.8 Å². The number of esters is 1. The molecular weight excluding hydrogens is 488 g/mol. The Balaban J connectivity index is 1.97. The maximum atomic E-state index is 12.9. The third-order valence-corrected chi connectivity index (χ3v) is 9.83. The number of aliphatic hydroxyl groups excluding tert-OH is 4. The summed E-state index contributed by atoms with van der Waals surface area (Å²) in [6, 6.07) is 0. The van der Waals surface area contributed by atoms with Gasteiger partial charge < -0.3 is 34.6 Å². The first-order valence-corrected chi connectivity index (χ1v) is 14.5. The molecule has 220 valence electrons. The van der Waals surface area contributed by atoms with Gasteiger partial charge >= 0.3 is 5.97 Å². The number of ether oxygens (including phenoxy) is 3. The van der Waals surface area contributed by atoms with E-state index in [0.717, 1.165) is 25.7 Å². The van der Waals surface area contributed by atoms with Crippen LogP contribution in [0.1, 0.15) is 87.5 Å². The smallest absolute Gasteiger partial charge is 0.308 e. The van der Waals surface area contributed by atoms with Gasteiger partial charge in [-0.25, -0.2) is 0 Å². The second-order valence-electron chi connectivity index (χ2n) is 13.4. The molecule has 38 heavy (non-hydrogen) atoms. The number of aliphatic hydroxyl groups is 4. The molecule has 0 amide bonds. The van der Waals surface area contributed by atoms with Crippen molar-refractivity contribution in [2.24, 2.45) is 34.5 Å². The van der Waals surface area contributed by atoms with Crippen molar-refractivity contribution in [3.8, 4) is 0 Å². The van der Waals surface area contributed by atoms with Crippen LogP contribution in [0.15, 0.2) is 11.6 Å². The van der Waals surface area contributed by atoms with Gasteiger partial charge in [0.2, 0.25) is 0 Å². The van der Waals surface area contributed by atoms with Crippen LogP contribution in [0, 0.1) is 34.5 Å². The molecule has 0 spiro atoms. The van der Waals surface area contributed by atoms with Gasteiger partial charge in [0.25, 0.3) is 0 Å². The summed E-state index contributed by atoms with van der Waals surface area (Å²) in [5, 5.41) is 40.7. The van der Waals surface area contributed by atoms with E-state index < -0.39 is 48.3 Å². The maximum Gasteiger partial charge on any atom is 0.308 e. The summed E-state index contributed by atoms with van der Waals surface area (Å²) < 4.78 is 18.4. The van der Waals surface area contributed by atoms with E-state index in [-0.39, 0.29) is 35.7 Å². The lowest BCUT2D eigenvalue weighted by atomic mass is 9.46. The summed E-state index contributed by atoms with van der Waals surface area (Å²) in [4.78, 5) is 12.9. The van der Waals surface area contributed by atoms with Crippen LogP contribution >= 0.6 is 0 Å². The minimum absolute atomic E-state index is 0.171. The molecule has 0 aromatic carbocycles. The highest BCUT2D eigenvalue weighted by Gasteiger charge is 2.61. The molecule has 1 saturated heterocycles. The number of rotatable bonds is 9. The molecule has 0 aromatic rings. The molecule has 8 nitrogen and oxygen atoms in total. The molecule has 1 aliphatic heterocycles. The molecule has 2 aliphatic carbocycles. The summed E-state index contributed by atoms with van der Waals surface area (Å²) in [5.41, 5.74) is 0.738. The zero-order valence-corrected chi connectivity index (χ0v) is 24.6. The molecule has 0 radical (unpaired) electrons. The number of carbonyl (C=O) groups is 1. The second-order valence-corrected chi connectivity index (χ2v) is 13.4. The van der Waals surface area contributed by atoms with Crippen LogP contribution in [0.4, 0.5) is 0 Å². The summed E-state index contributed by atoms with van der Waals surface area (Å²) in [5.74, 6) is 0.331. The van der Waals surface area contributed by atoms with Gasteiger partial charge in [-0.2, -0.15) is 0 Å². The van der Waals surface area contributed by atoms with Crippen LogP contribution in [0.25, 0.3) is 0 Å². The Kier molecular flexibility index (Phi) is 10.1. The third kappa shape index (κ3) is 6.16. The molecule has 0 aromatic heterocycles. The van der Waals surface area contributed by atoms with Crippen molar-refractivity contribution >= 4 is 5.97 Å². The molecule has 4 N–H and O–H groups in total. The Morgan fingerprint density at radius 1 is 1.11 bits per heavy atom. The van der Waals surface area contributed by atoms with Crippen LogP contribution in [0.2, 0.25) is 0 Å². The lowest BCUT2D eigenvalue weighted by Gasteiger charge is -2.61. The van der Waals surface area contributed by atoms with E-state index in [2.05, 4.69) is 40.7 Å². The quantitative estimate of drug-likeness (QED) is 0.258. The topological polar surface area (TPSA) is 126 Å². The largest absolute Gasteiger partial charge is 0.459 e. The van der Waals surface area contributed by atoms with Gasteiger partial charge in [0.05, 0.1) is 18.1 Å². The minimum Gasteiger partial charge on any atom is -0.459 e. The monoisotopic (exact) mass is 540 g/mol. The molecule has 0 unspecified atom stereocenters. The first kappa shape index (κ1) is 31.5. The van der Waals surface area contributed by atoms with Crippen LogP contribution in [-0.4, -0.2) is 75.9 Å². The van der Waals surface area contributed by atoms with Crippen molar-refractivity contribution in [2.45, 2.75) is 130 Å². The van der Waals surface area contributed by atoms with Crippen LogP contribution in [0.5, 0.6) is 0 Å². The van der Waals surface area contributed by atoms with Crippen LogP contribution in [-0.2, 0) is 19.0 Å². The van der Waals surface area contributed by atoms with Crippen molar-refractivity contribution in [1.29, 1.82) is 0 Å². The molecular formula is C30H52O8. The van der Waals surface area contributed by atoms with E-state index in [4.69, 9.17) is 14.2 Å². The van der Waals surface area contributed by atoms with E-state index in [0.29, 0.717) is 12.3 Å². The highest BCUT2D eigenvalue weighted by molar-refractivity contribution is 5.71. The lowest BCUT2D eigenvalue weighted by Crippen LogP contribution is -2.64. The molecule has 1 heterocycles. The molecule has 2 fully saturated rings. The number of hydrogen-bond donors (Lipinski definition) is 4. The predicted octanol–water partition coefficient (Wildman–Crippen LogP) is 3.58. The molecule has 3 rings (SSSR count). The Morgan fingerprint density at radius 2 is 1.76 bits per heavy atom. The zero-order valence-electron chi connectivity index (χ0n) is 24.6. The molecule has 0 bridgehead atoms. The average Bonchev–Trinajstić information content (AvgIpc) is 2.82. The molecule has 11 atom stereocenters. The fourth-order valence-electron chi connectivity index (χ4n) is 7.41. The van der Waals surface area contributed by atoms with Crippen LogP contribution < -0.4 is 0 Å². The van der Waals surface area contributed by atoms with Crippen molar-refractivity contribution in [3.05, 3.63) is 11.6 Å². The van der Waals surface area contributed by atoms with Gasteiger partial charge in [-0.1, -0.05) is 59.6 Å². The van der Waals surface area contributed by atoms with E-state index in [1.54, 1.807) is 6.92 Å². The number of allylic oxidation sites excluding steroid dienone is 2. The minimum atomic E-state index is -1.43. The third-order valence-electron chi connectivity index (χ3n) is 9.83. The standard InChI is InChI=1S/C30H52O8/c1-16(2)27(35)38-26-21(37-28-25(34)24(33)23(32)19(5)36-28)15-30(8)20(11-9-17(3)13-14-31)18(4)10-12-22(30)29(26,6)7/h10,16-17,19-26,28,31-34H,9,11-15H2,1-8H3/t17-,19-,20+,21-,22+,23+,24+,25-,26+,28+,30-/m0/s1. The summed E-state index contributed by atoms with van der Waals surface area (Å²) >= 11 is 0. The number of carbonyl (C=O) groups excluding carboxylic acids is 1. The Hall–Kier alpha value is -1.03. The first-order chi connectivity index (χ1) is 17.6. The first-order valence-electron chi connectivity index (χ1n) is 14.5. The summed E-state index contributed by atoms with van der Waals surface area (Å²) in [7, 11) is 0. The van der Waals surface area contributed by atoms with E-state index >= 15 is 0 Å². The highest BCUT2D eigenvalue weighted by Crippen LogP contribution is 2.62. The molecule has 3 aliphatic rings. The molecule has 1 saturated carbocycles. The highest BCUT2D eigenvalue weighted by atomic mass is 16.7. The predicted molar refractivity (Wildman–Crippen MR) is 144 cm³/mol. The summed E-state index contributed by atoms with van der Waals surface area (Å²) in [6.45, 7) is 16.4. The van der Waals surface area contributed by atoms with Crippen molar-refractivity contribution in [3.63, 3.8) is 0 Å². The Labute approximate surface area is 228 Å². The number of fused-ring (bicyclic) bond motifs is 1. The van der Waals surface area contributed by atoms with Gasteiger partial charge in [-0.15, -0.1) is 0 Å². The second kappa shape index (κ2) is 12.2. The molecule has 8 heteroatoms. The van der Waals surface area contributed by atoms with Crippen molar-refractivity contribution in [2.75, 3.05) is 6.61 Å². The van der Waals surface area contributed by atoms with Gasteiger partial charge in [0.15, 0.2) is 6.29 Å². The van der Waals surface area contributed by atoms with Gasteiger partial charge in [-0.05, 0) is 62.7 Å². The van der Waals surface area contributed by atoms with E-state index in [1.165, 1.54) is 5.57 Å². The van der Waals surface area contributed by atoms with Gasteiger partial charge in [0, 0.05) is 12.0 Å². The lowest BCUT2D eigenvalue weighted by molar-refractivity contribution is -0.326. The van der Waals surface area contributed by atoms with Crippen LogP contribution in [0.3, 0.4) is 0 Å². The fraction of sp³-hybridized carbons (Fsp3) is 0.900. The normalized spacial score (nSPS) is 41.8. The van der Waals surface area contributed by atoms with Crippen molar-refractivity contribution < 1.29 is 39.4 Å².